The van der Waals surface area contributed by atoms with Gasteiger partial charge in [0.2, 0.25) is 0 Å². The van der Waals surface area contributed by atoms with Crippen molar-refractivity contribution in [2.24, 2.45) is 0 Å². The second kappa shape index (κ2) is 6.69. The van der Waals surface area contributed by atoms with Crippen LogP contribution in [0.3, 0.4) is 0 Å². The average molecular weight is 296 g/mol. The molecule has 2 N–H and O–H groups in total. The fraction of sp³-hybridized carbons (Fsp3) is 0.267. The van der Waals surface area contributed by atoms with E-state index >= 15 is 0 Å². The van der Waals surface area contributed by atoms with E-state index in [1.165, 1.54) is 6.07 Å². The Morgan fingerprint density at radius 3 is 2.52 bits per heavy atom. The third-order valence-electron chi connectivity index (χ3n) is 3.01. The van der Waals surface area contributed by atoms with Crippen LogP contribution in [0.1, 0.15) is 22.8 Å². The molecule has 0 amide bonds. The molecule has 0 fully saturated rings. The molecule has 0 bridgehead atoms. The summed E-state index contributed by atoms with van der Waals surface area (Å²) in [6.07, 6.45) is -1.91. The van der Waals surface area contributed by atoms with Crippen LogP contribution < -0.4 is 5.32 Å². The molecule has 1 unspecified atom stereocenters. The van der Waals surface area contributed by atoms with Crippen LogP contribution in [0.15, 0.2) is 48.8 Å². The summed E-state index contributed by atoms with van der Waals surface area (Å²) < 4.78 is 37.7. The van der Waals surface area contributed by atoms with Crippen LogP contribution >= 0.6 is 0 Å². The standard InChI is InChI=1S/C15H15F3N2O/c16-15(17,18)13-3-1-2-11(8-13)9-20-10-14(21)12-4-6-19-7-5-12/h1-8,14,20-21H,9-10H2. The highest BCUT2D eigenvalue weighted by molar-refractivity contribution is 5.25. The summed E-state index contributed by atoms with van der Waals surface area (Å²) in [6.45, 7) is 0.506. The zero-order chi connectivity index (χ0) is 15.3. The van der Waals surface area contributed by atoms with Crippen molar-refractivity contribution in [3.8, 4) is 0 Å². The average Bonchev–Trinajstić information content (AvgIpc) is 2.47. The van der Waals surface area contributed by atoms with Gasteiger partial charge in [-0.15, -0.1) is 0 Å². The summed E-state index contributed by atoms with van der Waals surface area (Å²) >= 11 is 0. The van der Waals surface area contributed by atoms with Crippen molar-refractivity contribution in [3.05, 3.63) is 65.5 Å². The predicted octanol–water partition coefficient (Wildman–Crippen LogP) is 2.92. The van der Waals surface area contributed by atoms with Crippen molar-refractivity contribution in [1.82, 2.24) is 10.3 Å². The molecule has 112 valence electrons. The molecule has 0 saturated carbocycles. The van der Waals surface area contributed by atoms with Crippen LogP contribution in [0, 0.1) is 0 Å². The fourth-order valence-electron chi connectivity index (χ4n) is 1.91. The minimum Gasteiger partial charge on any atom is -0.387 e. The van der Waals surface area contributed by atoms with E-state index in [2.05, 4.69) is 10.3 Å². The maximum atomic E-state index is 12.6. The third kappa shape index (κ3) is 4.54. The molecule has 0 saturated heterocycles. The number of aromatic nitrogens is 1. The Hall–Kier alpha value is -1.92. The summed E-state index contributed by atoms with van der Waals surface area (Å²) in [5, 5.41) is 12.9. The van der Waals surface area contributed by atoms with E-state index in [1.807, 2.05) is 0 Å². The fourth-order valence-corrected chi connectivity index (χ4v) is 1.91. The van der Waals surface area contributed by atoms with Crippen LogP contribution in [-0.4, -0.2) is 16.6 Å². The number of aliphatic hydroxyl groups is 1. The van der Waals surface area contributed by atoms with Gasteiger partial charge in [0.15, 0.2) is 0 Å². The van der Waals surface area contributed by atoms with Gasteiger partial charge in [-0.25, -0.2) is 0 Å². The first-order valence-corrected chi connectivity index (χ1v) is 6.41. The highest BCUT2D eigenvalue weighted by Gasteiger charge is 2.30. The monoisotopic (exact) mass is 296 g/mol. The molecule has 0 spiro atoms. The molecule has 2 rings (SSSR count). The van der Waals surface area contributed by atoms with E-state index < -0.39 is 17.8 Å². The van der Waals surface area contributed by atoms with E-state index in [9.17, 15) is 18.3 Å². The number of hydrogen-bond acceptors (Lipinski definition) is 3. The molecule has 0 aliphatic heterocycles. The number of nitrogens with zero attached hydrogens (tertiary/aromatic N) is 1. The van der Waals surface area contributed by atoms with Gasteiger partial charge in [-0.2, -0.15) is 13.2 Å². The van der Waals surface area contributed by atoms with Gasteiger partial charge in [0.1, 0.15) is 0 Å². The molecular formula is C15H15F3N2O. The highest BCUT2D eigenvalue weighted by Crippen LogP contribution is 2.29. The largest absolute Gasteiger partial charge is 0.416 e. The number of alkyl halides is 3. The smallest absolute Gasteiger partial charge is 0.387 e. The first kappa shape index (κ1) is 15.5. The minimum absolute atomic E-state index is 0.250. The van der Waals surface area contributed by atoms with Gasteiger partial charge in [-0.05, 0) is 29.3 Å². The predicted molar refractivity (Wildman–Crippen MR) is 72.3 cm³/mol. The molecule has 6 heteroatoms. The Kier molecular flexibility index (Phi) is 4.93. The Balaban J connectivity index is 1.89. The molecule has 0 radical (unpaired) electrons. The van der Waals surface area contributed by atoms with Gasteiger partial charge in [0.25, 0.3) is 0 Å². The number of hydrogen-bond donors (Lipinski definition) is 2. The van der Waals surface area contributed by atoms with Gasteiger partial charge in [-0.3, -0.25) is 4.98 Å². The first-order chi connectivity index (χ1) is 9.97. The summed E-state index contributed by atoms with van der Waals surface area (Å²) in [4.78, 5) is 3.85. The summed E-state index contributed by atoms with van der Waals surface area (Å²) in [5.41, 5.74) is 0.560. The molecule has 0 aliphatic carbocycles. The lowest BCUT2D eigenvalue weighted by Gasteiger charge is -2.13. The number of nitrogens with one attached hydrogen (secondary N) is 1. The van der Waals surface area contributed by atoms with E-state index in [0.29, 0.717) is 11.1 Å². The van der Waals surface area contributed by atoms with Crippen LogP contribution in [0.4, 0.5) is 13.2 Å². The van der Waals surface area contributed by atoms with E-state index in [-0.39, 0.29) is 13.1 Å². The number of benzene rings is 1. The third-order valence-corrected chi connectivity index (χ3v) is 3.01. The van der Waals surface area contributed by atoms with Crippen LogP contribution in [0.5, 0.6) is 0 Å². The SMILES string of the molecule is OC(CNCc1cccc(C(F)(F)F)c1)c1ccncc1. The molecule has 1 atom stereocenters. The molecule has 2 aromatic rings. The zero-order valence-corrected chi connectivity index (χ0v) is 11.1. The molecule has 1 aromatic heterocycles. The summed E-state index contributed by atoms with van der Waals surface area (Å²) in [5.74, 6) is 0. The van der Waals surface area contributed by atoms with Gasteiger partial charge in [0, 0.05) is 25.5 Å². The molecule has 0 aliphatic rings. The number of rotatable bonds is 5. The van der Waals surface area contributed by atoms with Gasteiger partial charge in [0.05, 0.1) is 11.7 Å². The number of pyridine rings is 1. The van der Waals surface area contributed by atoms with E-state index in [0.717, 1.165) is 12.1 Å². The van der Waals surface area contributed by atoms with Gasteiger partial charge >= 0.3 is 6.18 Å². The molecule has 1 heterocycles. The van der Waals surface area contributed by atoms with Crippen LogP contribution in [0.2, 0.25) is 0 Å². The van der Waals surface area contributed by atoms with Crippen LogP contribution in [0.25, 0.3) is 0 Å². The topological polar surface area (TPSA) is 45.1 Å². The van der Waals surface area contributed by atoms with Crippen molar-refractivity contribution in [1.29, 1.82) is 0 Å². The first-order valence-electron chi connectivity index (χ1n) is 6.41. The van der Waals surface area contributed by atoms with Crippen molar-refractivity contribution >= 4 is 0 Å². The normalized spacial score (nSPS) is 13.1. The lowest BCUT2D eigenvalue weighted by molar-refractivity contribution is -0.137. The quantitative estimate of drug-likeness (QED) is 0.891. The molecular weight excluding hydrogens is 281 g/mol. The number of halogens is 3. The molecule has 1 aromatic carbocycles. The minimum atomic E-state index is -4.34. The summed E-state index contributed by atoms with van der Waals surface area (Å²) in [6, 6.07) is 8.51. The highest BCUT2D eigenvalue weighted by atomic mass is 19.4. The second-order valence-electron chi connectivity index (χ2n) is 4.63. The van der Waals surface area contributed by atoms with E-state index in [1.54, 1.807) is 30.6 Å². The van der Waals surface area contributed by atoms with Crippen molar-refractivity contribution < 1.29 is 18.3 Å². The Labute approximate surface area is 120 Å². The van der Waals surface area contributed by atoms with Crippen molar-refractivity contribution in [3.63, 3.8) is 0 Å². The molecule has 21 heavy (non-hydrogen) atoms. The van der Waals surface area contributed by atoms with Gasteiger partial charge < -0.3 is 10.4 Å². The summed E-state index contributed by atoms with van der Waals surface area (Å²) in [7, 11) is 0. The van der Waals surface area contributed by atoms with Gasteiger partial charge in [-0.1, -0.05) is 18.2 Å². The maximum absolute atomic E-state index is 12.6. The Bertz CT molecular complexity index is 573. The van der Waals surface area contributed by atoms with Crippen molar-refractivity contribution in [2.45, 2.75) is 18.8 Å². The maximum Gasteiger partial charge on any atom is 0.416 e. The Morgan fingerprint density at radius 1 is 1.14 bits per heavy atom. The lowest BCUT2D eigenvalue weighted by Crippen LogP contribution is -2.21. The Morgan fingerprint density at radius 2 is 1.86 bits per heavy atom. The van der Waals surface area contributed by atoms with E-state index in [4.69, 9.17) is 0 Å². The van der Waals surface area contributed by atoms with Crippen molar-refractivity contribution in [2.75, 3.05) is 6.54 Å². The lowest BCUT2D eigenvalue weighted by atomic mass is 10.1. The molecule has 3 nitrogen and oxygen atoms in total. The second-order valence-corrected chi connectivity index (χ2v) is 4.63. The van der Waals surface area contributed by atoms with Crippen LogP contribution in [-0.2, 0) is 12.7 Å². The zero-order valence-electron chi connectivity index (χ0n) is 11.1. The number of aliphatic hydroxyl groups excluding tert-OH is 1.